The molecular formula is C13H18FN3O4. The van der Waals surface area contributed by atoms with Crippen LogP contribution in [0, 0.1) is 15.9 Å². The van der Waals surface area contributed by atoms with Crippen LogP contribution in [0.5, 0.6) is 0 Å². The number of nitro groups is 1. The summed E-state index contributed by atoms with van der Waals surface area (Å²) in [5, 5.41) is 19.9. The monoisotopic (exact) mass is 299 g/mol. The van der Waals surface area contributed by atoms with Gasteiger partial charge in [0, 0.05) is 13.6 Å². The van der Waals surface area contributed by atoms with E-state index in [0.717, 1.165) is 19.0 Å². The third-order valence-corrected chi connectivity index (χ3v) is 3.00. The molecule has 0 aromatic heterocycles. The molecule has 0 unspecified atom stereocenters. The van der Waals surface area contributed by atoms with Crippen LogP contribution in [0.3, 0.4) is 0 Å². The van der Waals surface area contributed by atoms with Gasteiger partial charge in [-0.2, -0.15) is 0 Å². The van der Waals surface area contributed by atoms with E-state index in [1.165, 1.54) is 0 Å². The second-order valence-electron chi connectivity index (χ2n) is 4.96. The van der Waals surface area contributed by atoms with Gasteiger partial charge in [-0.1, -0.05) is 0 Å². The third kappa shape index (κ3) is 4.38. The van der Waals surface area contributed by atoms with Crippen molar-refractivity contribution in [3.8, 4) is 0 Å². The minimum Gasteiger partial charge on any atom is -0.478 e. The van der Waals surface area contributed by atoms with Gasteiger partial charge in [-0.15, -0.1) is 0 Å². The van der Waals surface area contributed by atoms with E-state index in [1.54, 1.807) is 11.9 Å². The Morgan fingerprint density at radius 3 is 2.43 bits per heavy atom. The fraction of sp³-hybridized carbons (Fsp3) is 0.462. The summed E-state index contributed by atoms with van der Waals surface area (Å²) in [4.78, 5) is 24.8. The summed E-state index contributed by atoms with van der Waals surface area (Å²) in [5.74, 6) is -2.56. The number of nitrogens with zero attached hydrogens (tertiary/aromatic N) is 3. The van der Waals surface area contributed by atoms with Crippen LogP contribution in [-0.2, 0) is 0 Å². The molecule has 0 aliphatic rings. The highest BCUT2D eigenvalue weighted by molar-refractivity contribution is 5.90. The van der Waals surface area contributed by atoms with Gasteiger partial charge in [0.05, 0.1) is 16.6 Å². The quantitative estimate of drug-likeness (QED) is 0.610. The normalized spacial score (nSPS) is 10.7. The molecule has 8 heteroatoms. The van der Waals surface area contributed by atoms with Crippen LogP contribution in [0.2, 0.25) is 0 Å². The zero-order chi connectivity index (χ0) is 16.2. The standard InChI is InChI=1S/C13H18FN3O4/c1-15(2)5-4-6-16(3)11-7-9(13(18)19)10(14)8-12(11)17(20)21/h7-8H,4-6H2,1-3H3,(H,18,19). The molecule has 116 valence electrons. The Labute approximate surface area is 121 Å². The molecule has 0 amide bonds. The smallest absolute Gasteiger partial charge is 0.338 e. The van der Waals surface area contributed by atoms with Crippen LogP contribution in [0.15, 0.2) is 12.1 Å². The van der Waals surface area contributed by atoms with Crippen LogP contribution in [0.4, 0.5) is 15.8 Å². The van der Waals surface area contributed by atoms with Crippen molar-refractivity contribution in [2.75, 3.05) is 39.1 Å². The lowest BCUT2D eigenvalue weighted by Gasteiger charge is -2.20. The zero-order valence-electron chi connectivity index (χ0n) is 12.2. The molecule has 0 atom stereocenters. The summed E-state index contributed by atoms with van der Waals surface area (Å²) in [5.41, 5.74) is -0.919. The minimum absolute atomic E-state index is 0.0950. The lowest BCUT2D eigenvalue weighted by Crippen LogP contribution is -2.24. The van der Waals surface area contributed by atoms with E-state index in [0.29, 0.717) is 12.6 Å². The van der Waals surface area contributed by atoms with Crippen molar-refractivity contribution in [1.29, 1.82) is 0 Å². The summed E-state index contributed by atoms with van der Waals surface area (Å²) in [6, 6.07) is 1.66. The number of carboxylic acids is 1. The van der Waals surface area contributed by atoms with Crippen molar-refractivity contribution in [3.63, 3.8) is 0 Å². The van der Waals surface area contributed by atoms with Gasteiger partial charge in [-0.3, -0.25) is 10.1 Å². The van der Waals surface area contributed by atoms with Crippen molar-refractivity contribution in [1.82, 2.24) is 4.90 Å². The molecule has 21 heavy (non-hydrogen) atoms. The molecule has 1 rings (SSSR count). The number of rotatable bonds is 7. The highest BCUT2D eigenvalue weighted by Gasteiger charge is 2.23. The molecule has 0 aliphatic carbocycles. The predicted molar refractivity (Wildman–Crippen MR) is 76.5 cm³/mol. The first kappa shape index (κ1) is 16.8. The molecule has 0 fully saturated rings. The number of benzene rings is 1. The van der Waals surface area contributed by atoms with Crippen molar-refractivity contribution in [2.45, 2.75) is 6.42 Å². The van der Waals surface area contributed by atoms with E-state index in [4.69, 9.17) is 5.11 Å². The Morgan fingerprint density at radius 1 is 1.33 bits per heavy atom. The van der Waals surface area contributed by atoms with Gasteiger partial charge in [0.1, 0.15) is 11.5 Å². The number of carboxylic acid groups (broad SMARTS) is 1. The number of hydrogen-bond donors (Lipinski definition) is 1. The predicted octanol–water partition coefficient (Wildman–Crippen LogP) is 1.82. The Morgan fingerprint density at radius 2 is 1.95 bits per heavy atom. The first-order valence-electron chi connectivity index (χ1n) is 6.31. The average Bonchev–Trinajstić information content (AvgIpc) is 2.37. The third-order valence-electron chi connectivity index (χ3n) is 3.00. The molecule has 0 aliphatic heterocycles. The Kier molecular flexibility index (Phi) is 5.60. The van der Waals surface area contributed by atoms with Crippen LogP contribution < -0.4 is 4.90 Å². The van der Waals surface area contributed by atoms with E-state index in [1.807, 2.05) is 19.0 Å². The number of aromatic carboxylic acids is 1. The van der Waals surface area contributed by atoms with E-state index < -0.39 is 28.0 Å². The van der Waals surface area contributed by atoms with E-state index >= 15 is 0 Å². The number of anilines is 1. The van der Waals surface area contributed by atoms with Crippen molar-refractivity contribution >= 4 is 17.3 Å². The van der Waals surface area contributed by atoms with Gasteiger partial charge < -0.3 is 14.9 Å². The minimum atomic E-state index is -1.45. The molecule has 0 heterocycles. The Bertz CT molecular complexity index is 548. The van der Waals surface area contributed by atoms with Gasteiger partial charge in [0.15, 0.2) is 0 Å². The zero-order valence-corrected chi connectivity index (χ0v) is 12.2. The fourth-order valence-electron chi connectivity index (χ4n) is 1.91. The number of hydrogen-bond acceptors (Lipinski definition) is 5. The number of nitro benzene ring substituents is 1. The SMILES string of the molecule is CN(C)CCCN(C)c1cc(C(=O)O)c(F)cc1[N+](=O)[O-]. The molecule has 1 aromatic rings. The maximum absolute atomic E-state index is 13.6. The lowest BCUT2D eigenvalue weighted by molar-refractivity contribution is -0.384. The molecule has 0 radical (unpaired) electrons. The molecular weight excluding hydrogens is 281 g/mol. The molecule has 1 aromatic carbocycles. The highest BCUT2D eigenvalue weighted by atomic mass is 19.1. The Balaban J connectivity index is 3.10. The Hall–Kier alpha value is -2.22. The van der Waals surface area contributed by atoms with Crippen molar-refractivity contribution in [2.24, 2.45) is 0 Å². The first-order valence-corrected chi connectivity index (χ1v) is 6.31. The van der Waals surface area contributed by atoms with Crippen LogP contribution in [-0.4, -0.2) is 55.1 Å². The molecule has 0 saturated carbocycles. The molecule has 1 N–H and O–H groups in total. The number of carbonyl (C=O) groups is 1. The second kappa shape index (κ2) is 6.98. The topological polar surface area (TPSA) is 86.9 Å². The van der Waals surface area contributed by atoms with E-state index in [2.05, 4.69) is 0 Å². The molecule has 0 spiro atoms. The number of halogens is 1. The van der Waals surface area contributed by atoms with Crippen molar-refractivity contribution in [3.05, 3.63) is 33.6 Å². The summed E-state index contributed by atoms with van der Waals surface area (Å²) in [6.45, 7) is 1.27. The fourth-order valence-corrected chi connectivity index (χ4v) is 1.91. The van der Waals surface area contributed by atoms with E-state index in [-0.39, 0.29) is 5.69 Å². The summed E-state index contributed by atoms with van der Waals surface area (Å²) in [7, 11) is 5.42. The van der Waals surface area contributed by atoms with Gasteiger partial charge >= 0.3 is 5.97 Å². The summed E-state index contributed by atoms with van der Waals surface area (Å²) < 4.78 is 13.6. The van der Waals surface area contributed by atoms with Crippen LogP contribution in [0.1, 0.15) is 16.8 Å². The average molecular weight is 299 g/mol. The first-order chi connectivity index (χ1) is 9.73. The van der Waals surface area contributed by atoms with Gasteiger partial charge in [-0.05, 0) is 33.1 Å². The molecule has 0 saturated heterocycles. The van der Waals surface area contributed by atoms with E-state index in [9.17, 15) is 19.3 Å². The molecule has 7 nitrogen and oxygen atoms in total. The van der Waals surface area contributed by atoms with Crippen molar-refractivity contribution < 1.29 is 19.2 Å². The van der Waals surface area contributed by atoms with Crippen LogP contribution in [0.25, 0.3) is 0 Å². The maximum Gasteiger partial charge on any atom is 0.338 e. The highest BCUT2D eigenvalue weighted by Crippen LogP contribution is 2.30. The summed E-state index contributed by atoms with van der Waals surface area (Å²) >= 11 is 0. The summed E-state index contributed by atoms with van der Waals surface area (Å²) in [6.07, 6.45) is 0.737. The maximum atomic E-state index is 13.6. The van der Waals surface area contributed by atoms with Gasteiger partial charge in [0.25, 0.3) is 5.69 Å². The second-order valence-corrected chi connectivity index (χ2v) is 4.96. The largest absolute Gasteiger partial charge is 0.478 e. The van der Waals surface area contributed by atoms with Gasteiger partial charge in [0.2, 0.25) is 0 Å². The van der Waals surface area contributed by atoms with Crippen LogP contribution >= 0.6 is 0 Å². The lowest BCUT2D eigenvalue weighted by atomic mass is 10.1. The molecule has 0 bridgehead atoms. The van der Waals surface area contributed by atoms with Gasteiger partial charge in [-0.25, -0.2) is 9.18 Å².